The molecule has 0 aliphatic heterocycles. The quantitative estimate of drug-likeness (QED) is 0.834. The van der Waals surface area contributed by atoms with Crippen molar-refractivity contribution in [3.8, 4) is 0 Å². The number of nitrogens with two attached hydrogens (primary N) is 1. The molecule has 0 saturated heterocycles. The van der Waals surface area contributed by atoms with E-state index in [0.717, 1.165) is 0 Å². The van der Waals surface area contributed by atoms with E-state index in [4.69, 9.17) is 5.73 Å². The SMILES string of the molecule is CCC(CO)n1c(=O)c(C(N)=O)cc2ncccc21. The molecule has 100 valence electrons. The van der Waals surface area contributed by atoms with Crippen molar-refractivity contribution in [3.05, 3.63) is 40.3 Å². The van der Waals surface area contributed by atoms with E-state index in [-0.39, 0.29) is 12.2 Å². The Morgan fingerprint density at radius 3 is 2.89 bits per heavy atom. The van der Waals surface area contributed by atoms with Gasteiger partial charge in [-0.15, -0.1) is 0 Å². The molecule has 2 heterocycles. The fraction of sp³-hybridized carbons (Fsp3) is 0.308. The van der Waals surface area contributed by atoms with E-state index >= 15 is 0 Å². The highest BCUT2D eigenvalue weighted by molar-refractivity contribution is 5.95. The van der Waals surface area contributed by atoms with Crippen LogP contribution in [0.15, 0.2) is 29.2 Å². The molecule has 0 aliphatic carbocycles. The summed E-state index contributed by atoms with van der Waals surface area (Å²) in [6, 6.07) is 4.42. The molecule has 2 aromatic heterocycles. The van der Waals surface area contributed by atoms with Crippen LogP contribution in [0, 0.1) is 0 Å². The van der Waals surface area contributed by atoms with Gasteiger partial charge in [-0.25, -0.2) is 0 Å². The summed E-state index contributed by atoms with van der Waals surface area (Å²) in [6.45, 7) is 1.66. The first-order valence-corrected chi connectivity index (χ1v) is 6.01. The molecule has 0 fully saturated rings. The molecule has 0 aromatic carbocycles. The smallest absolute Gasteiger partial charge is 0.264 e. The summed E-state index contributed by atoms with van der Waals surface area (Å²) in [6.07, 6.45) is 2.13. The molecule has 2 aromatic rings. The molecule has 0 radical (unpaired) electrons. The highest BCUT2D eigenvalue weighted by atomic mass is 16.3. The maximum absolute atomic E-state index is 12.3. The second-order valence-electron chi connectivity index (χ2n) is 4.25. The van der Waals surface area contributed by atoms with E-state index < -0.39 is 17.5 Å². The summed E-state index contributed by atoms with van der Waals surface area (Å²) in [7, 11) is 0. The molecule has 6 heteroatoms. The lowest BCUT2D eigenvalue weighted by Gasteiger charge is -2.18. The predicted octanol–water partition coefficient (Wildman–Crippen LogP) is 0.439. The lowest BCUT2D eigenvalue weighted by molar-refractivity contribution is 0.0997. The predicted molar refractivity (Wildman–Crippen MR) is 70.9 cm³/mol. The Hall–Kier alpha value is -2.21. The Morgan fingerprint density at radius 1 is 1.58 bits per heavy atom. The Labute approximate surface area is 109 Å². The molecule has 2 rings (SSSR count). The lowest BCUT2D eigenvalue weighted by atomic mass is 10.1. The Balaban J connectivity index is 2.88. The average Bonchev–Trinajstić information content (AvgIpc) is 2.41. The molecule has 0 saturated carbocycles. The van der Waals surface area contributed by atoms with Crippen LogP contribution in [-0.2, 0) is 0 Å². The first-order valence-electron chi connectivity index (χ1n) is 6.01. The van der Waals surface area contributed by atoms with E-state index in [1.54, 1.807) is 18.3 Å². The number of rotatable bonds is 4. The third-order valence-electron chi connectivity index (χ3n) is 3.12. The van der Waals surface area contributed by atoms with Gasteiger partial charge in [-0.1, -0.05) is 6.92 Å². The number of hydrogen-bond donors (Lipinski definition) is 2. The number of primary amides is 1. The number of nitrogens with zero attached hydrogens (tertiary/aromatic N) is 2. The first-order chi connectivity index (χ1) is 9.10. The normalized spacial score (nSPS) is 12.5. The molecule has 3 N–H and O–H groups in total. The Morgan fingerprint density at radius 2 is 2.32 bits per heavy atom. The van der Waals surface area contributed by atoms with Gasteiger partial charge in [0.1, 0.15) is 5.56 Å². The number of carbonyl (C=O) groups excluding carboxylic acids is 1. The monoisotopic (exact) mass is 261 g/mol. The number of pyridine rings is 2. The van der Waals surface area contributed by atoms with Crippen molar-refractivity contribution >= 4 is 16.9 Å². The number of aromatic nitrogens is 2. The minimum absolute atomic E-state index is 0.113. The molecular formula is C13H15N3O3. The standard InChI is InChI=1S/C13H15N3O3/c1-2-8(7-17)16-11-4-3-5-15-10(11)6-9(12(14)18)13(16)19/h3-6,8,17H,2,7H2,1H3,(H2,14,18). The lowest BCUT2D eigenvalue weighted by Crippen LogP contribution is -2.33. The number of aliphatic hydroxyl groups excluding tert-OH is 1. The molecule has 6 nitrogen and oxygen atoms in total. The molecule has 1 amide bonds. The number of carbonyl (C=O) groups is 1. The molecule has 0 aliphatic rings. The van der Waals surface area contributed by atoms with Crippen molar-refractivity contribution in [2.45, 2.75) is 19.4 Å². The van der Waals surface area contributed by atoms with Gasteiger partial charge in [0.25, 0.3) is 11.5 Å². The third-order valence-corrected chi connectivity index (χ3v) is 3.12. The van der Waals surface area contributed by atoms with Crippen LogP contribution in [0.4, 0.5) is 0 Å². The summed E-state index contributed by atoms with van der Waals surface area (Å²) >= 11 is 0. The minimum atomic E-state index is -0.793. The second kappa shape index (κ2) is 5.19. The third kappa shape index (κ3) is 2.22. The zero-order valence-corrected chi connectivity index (χ0v) is 10.5. The van der Waals surface area contributed by atoms with Crippen molar-refractivity contribution < 1.29 is 9.90 Å². The van der Waals surface area contributed by atoms with Crippen LogP contribution >= 0.6 is 0 Å². The van der Waals surface area contributed by atoms with Gasteiger partial charge in [0.05, 0.1) is 23.7 Å². The van der Waals surface area contributed by atoms with Gasteiger partial charge >= 0.3 is 0 Å². The van der Waals surface area contributed by atoms with Crippen molar-refractivity contribution in [2.24, 2.45) is 5.73 Å². The summed E-state index contributed by atoms with van der Waals surface area (Å²) in [4.78, 5) is 27.8. The van der Waals surface area contributed by atoms with Crippen LogP contribution < -0.4 is 11.3 Å². The summed E-state index contributed by atoms with van der Waals surface area (Å²) < 4.78 is 1.39. The summed E-state index contributed by atoms with van der Waals surface area (Å²) in [5.74, 6) is -0.793. The molecular weight excluding hydrogens is 246 g/mol. The topological polar surface area (TPSA) is 98.2 Å². The van der Waals surface area contributed by atoms with Gasteiger partial charge in [0.2, 0.25) is 0 Å². The van der Waals surface area contributed by atoms with Crippen LogP contribution in [0.2, 0.25) is 0 Å². The van der Waals surface area contributed by atoms with E-state index in [9.17, 15) is 14.7 Å². The van der Waals surface area contributed by atoms with Crippen molar-refractivity contribution in [1.82, 2.24) is 9.55 Å². The number of aliphatic hydroxyl groups is 1. The van der Waals surface area contributed by atoms with Crippen molar-refractivity contribution in [1.29, 1.82) is 0 Å². The van der Waals surface area contributed by atoms with Crippen LogP contribution in [-0.4, -0.2) is 27.2 Å². The minimum Gasteiger partial charge on any atom is -0.394 e. The van der Waals surface area contributed by atoms with Crippen LogP contribution in [0.1, 0.15) is 29.7 Å². The fourth-order valence-electron chi connectivity index (χ4n) is 2.09. The second-order valence-corrected chi connectivity index (χ2v) is 4.25. The summed E-state index contributed by atoms with van der Waals surface area (Å²) in [5.41, 5.74) is 5.69. The van der Waals surface area contributed by atoms with Crippen LogP contribution in [0.3, 0.4) is 0 Å². The largest absolute Gasteiger partial charge is 0.394 e. The van der Waals surface area contributed by atoms with Crippen LogP contribution in [0.25, 0.3) is 11.0 Å². The van der Waals surface area contributed by atoms with E-state index in [1.807, 2.05) is 6.92 Å². The molecule has 1 atom stereocenters. The maximum Gasteiger partial charge on any atom is 0.264 e. The van der Waals surface area contributed by atoms with Gasteiger partial charge in [-0.2, -0.15) is 0 Å². The van der Waals surface area contributed by atoms with Gasteiger partial charge < -0.3 is 15.4 Å². The van der Waals surface area contributed by atoms with Crippen LogP contribution in [0.5, 0.6) is 0 Å². The fourth-order valence-corrected chi connectivity index (χ4v) is 2.09. The zero-order valence-electron chi connectivity index (χ0n) is 10.5. The zero-order chi connectivity index (χ0) is 14.0. The highest BCUT2D eigenvalue weighted by Crippen LogP contribution is 2.17. The van der Waals surface area contributed by atoms with E-state index in [1.165, 1.54) is 10.6 Å². The molecule has 0 spiro atoms. The first kappa shape index (κ1) is 13.2. The Kier molecular flexibility index (Phi) is 3.62. The van der Waals surface area contributed by atoms with Gasteiger partial charge in [0, 0.05) is 6.20 Å². The average molecular weight is 261 g/mol. The number of fused-ring (bicyclic) bond motifs is 1. The van der Waals surface area contributed by atoms with Gasteiger partial charge in [-0.3, -0.25) is 14.6 Å². The van der Waals surface area contributed by atoms with Crippen molar-refractivity contribution in [2.75, 3.05) is 6.61 Å². The van der Waals surface area contributed by atoms with Crippen molar-refractivity contribution in [3.63, 3.8) is 0 Å². The van der Waals surface area contributed by atoms with Gasteiger partial charge in [-0.05, 0) is 24.6 Å². The van der Waals surface area contributed by atoms with E-state index in [0.29, 0.717) is 17.5 Å². The highest BCUT2D eigenvalue weighted by Gasteiger charge is 2.18. The maximum atomic E-state index is 12.3. The number of hydrogen-bond acceptors (Lipinski definition) is 4. The molecule has 0 bridgehead atoms. The number of amides is 1. The van der Waals surface area contributed by atoms with Gasteiger partial charge in [0.15, 0.2) is 0 Å². The summed E-state index contributed by atoms with van der Waals surface area (Å²) in [5, 5.41) is 9.40. The molecule has 19 heavy (non-hydrogen) atoms. The molecule has 1 unspecified atom stereocenters. The van der Waals surface area contributed by atoms with E-state index in [2.05, 4.69) is 4.98 Å². The Bertz CT molecular complexity index is 674.